The fourth-order valence-corrected chi connectivity index (χ4v) is 8.60. The highest BCUT2D eigenvalue weighted by Crippen LogP contribution is 2.68. The molecule has 6 atom stereocenters. The van der Waals surface area contributed by atoms with Gasteiger partial charge in [-0.15, -0.1) is 0 Å². The summed E-state index contributed by atoms with van der Waals surface area (Å²) in [6.45, 7) is 1.46. The first-order valence-corrected chi connectivity index (χ1v) is 12.1. The maximum Gasteiger partial charge on any atom is 0.168 e. The second kappa shape index (κ2) is 7.24. The van der Waals surface area contributed by atoms with Gasteiger partial charge >= 0.3 is 0 Å². The third-order valence-electron chi connectivity index (χ3n) is 9.59. The van der Waals surface area contributed by atoms with Gasteiger partial charge in [-0.1, -0.05) is 12.3 Å². The molecule has 1 saturated heterocycles. The van der Waals surface area contributed by atoms with E-state index in [4.69, 9.17) is 9.47 Å². The standard InChI is InChI=1S/C23H33BrO4/c24-12-2-8-21-10-11-23(27-13-14-28-23)15-16(21)4-5-17-18-3-1-7-22(18,20(25)26)9-6-19(17)21/h16-20,25-26H,1,3-11,13-15H2/t16?,17-,18-,19-,21-,22+/m0/s1. The Morgan fingerprint density at radius 2 is 1.79 bits per heavy atom. The largest absolute Gasteiger partial charge is 0.368 e. The Balaban J connectivity index is 1.47. The highest BCUT2D eigenvalue weighted by atomic mass is 79.9. The summed E-state index contributed by atoms with van der Waals surface area (Å²) in [5, 5.41) is 20.6. The quantitative estimate of drug-likeness (QED) is 0.487. The lowest BCUT2D eigenvalue weighted by Gasteiger charge is -2.62. The van der Waals surface area contributed by atoms with Crippen molar-refractivity contribution in [2.75, 3.05) is 13.2 Å². The lowest BCUT2D eigenvalue weighted by atomic mass is 9.43. The van der Waals surface area contributed by atoms with Gasteiger partial charge in [-0.25, -0.2) is 0 Å². The fraction of sp³-hybridized carbons (Fsp3) is 0.913. The van der Waals surface area contributed by atoms with Crippen LogP contribution in [0.1, 0.15) is 70.6 Å². The van der Waals surface area contributed by atoms with Crippen LogP contribution in [0.3, 0.4) is 0 Å². The molecule has 5 aliphatic rings. The Morgan fingerprint density at radius 1 is 0.964 bits per heavy atom. The van der Waals surface area contributed by atoms with Crippen molar-refractivity contribution in [2.24, 2.45) is 34.5 Å². The smallest absolute Gasteiger partial charge is 0.168 e. The molecule has 0 radical (unpaired) electrons. The minimum absolute atomic E-state index is 0.236. The second-order valence-electron chi connectivity index (χ2n) is 10.2. The predicted molar refractivity (Wildman–Crippen MR) is 109 cm³/mol. The molecule has 0 aromatic heterocycles. The monoisotopic (exact) mass is 452 g/mol. The fourth-order valence-electron chi connectivity index (χ4n) is 8.46. The summed E-state index contributed by atoms with van der Waals surface area (Å²) < 4.78 is 12.2. The molecular formula is C23H33BrO4. The van der Waals surface area contributed by atoms with Crippen molar-refractivity contribution in [3.8, 4) is 10.8 Å². The molecular weight excluding hydrogens is 420 g/mol. The molecule has 2 N–H and O–H groups in total. The van der Waals surface area contributed by atoms with E-state index in [0.29, 0.717) is 23.7 Å². The van der Waals surface area contributed by atoms with Gasteiger partial charge in [0.05, 0.1) is 13.2 Å². The van der Waals surface area contributed by atoms with Gasteiger partial charge in [0.2, 0.25) is 0 Å². The van der Waals surface area contributed by atoms with Gasteiger partial charge in [-0.2, -0.15) is 0 Å². The molecule has 1 unspecified atom stereocenters. The highest BCUT2D eigenvalue weighted by Gasteiger charge is 2.63. The lowest BCUT2D eigenvalue weighted by Crippen LogP contribution is -2.58. The topological polar surface area (TPSA) is 58.9 Å². The van der Waals surface area contributed by atoms with E-state index in [0.717, 1.165) is 64.6 Å². The van der Waals surface area contributed by atoms with Gasteiger partial charge in [0, 0.05) is 40.6 Å². The Morgan fingerprint density at radius 3 is 2.54 bits per heavy atom. The van der Waals surface area contributed by atoms with Crippen molar-refractivity contribution >= 4 is 15.9 Å². The van der Waals surface area contributed by atoms with Gasteiger partial charge in [0.1, 0.15) is 0 Å². The van der Waals surface area contributed by atoms with Crippen LogP contribution in [-0.4, -0.2) is 35.5 Å². The van der Waals surface area contributed by atoms with Crippen molar-refractivity contribution < 1.29 is 19.7 Å². The summed E-state index contributed by atoms with van der Waals surface area (Å²) >= 11 is 3.33. The molecule has 0 aromatic carbocycles. The molecule has 5 heteroatoms. The Kier molecular flexibility index (Phi) is 5.12. The summed E-state index contributed by atoms with van der Waals surface area (Å²) in [7, 11) is 0. The average Bonchev–Trinajstić information content (AvgIpc) is 3.34. The zero-order valence-corrected chi connectivity index (χ0v) is 18.3. The third-order valence-corrected chi connectivity index (χ3v) is 9.87. The molecule has 1 aliphatic heterocycles. The summed E-state index contributed by atoms with van der Waals surface area (Å²) in [5.74, 6) is 5.39. The number of halogens is 1. The molecule has 156 valence electrons. The van der Waals surface area contributed by atoms with Crippen molar-refractivity contribution in [2.45, 2.75) is 82.7 Å². The number of fused-ring (bicyclic) bond motifs is 5. The Bertz CT molecular complexity index is 663. The van der Waals surface area contributed by atoms with E-state index in [1.165, 1.54) is 19.3 Å². The molecule has 1 heterocycles. The van der Waals surface area contributed by atoms with Crippen LogP contribution < -0.4 is 0 Å². The van der Waals surface area contributed by atoms with E-state index < -0.39 is 6.29 Å². The van der Waals surface area contributed by atoms with Crippen LogP contribution in [0.15, 0.2) is 0 Å². The number of hydrogen-bond acceptors (Lipinski definition) is 4. The van der Waals surface area contributed by atoms with E-state index in [2.05, 4.69) is 26.7 Å². The molecule has 28 heavy (non-hydrogen) atoms. The van der Waals surface area contributed by atoms with E-state index in [1.54, 1.807) is 0 Å². The van der Waals surface area contributed by atoms with Gasteiger partial charge in [0.15, 0.2) is 12.1 Å². The van der Waals surface area contributed by atoms with Crippen LogP contribution >= 0.6 is 15.9 Å². The minimum atomic E-state index is -1.16. The first-order chi connectivity index (χ1) is 13.6. The third kappa shape index (κ3) is 2.78. The SMILES string of the molecule is OC(O)[C@@]12CCC[C@H]1[C@@H]1CCC3CC4(CC[C@]3(CC#CBr)[C@H]1CC2)OCCO4. The molecule has 0 bridgehead atoms. The summed E-state index contributed by atoms with van der Waals surface area (Å²) in [6, 6.07) is 0. The van der Waals surface area contributed by atoms with Crippen LogP contribution in [0.5, 0.6) is 0 Å². The Hall–Kier alpha value is -0.120. The number of aliphatic hydroxyl groups is 2. The van der Waals surface area contributed by atoms with Crippen LogP contribution in [0.4, 0.5) is 0 Å². The number of rotatable bonds is 2. The summed E-state index contributed by atoms with van der Waals surface area (Å²) in [5.41, 5.74) is -0.0107. The maximum atomic E-state index is 10.3. The van der Waals surface area contributed by atoms with Crippen LogP contribution in [0.25, 0.3) is 0 Å². The predicted octanol–water partition coefficient (Wildman–Crippen LogP) is 4.18. The highest BCUT2D eigenvalue weighted by molar-refractivity contribution is 9.12. The molecule has 4 aliphatic carbocycles. The first kappa shape index (κ1) is 19.8. The maximum absolute atomic E-state index is 10.3. The number of aliphatic hydroxyl groups excluding tert-OH is 1. The lowest BCUT2D eigenvalue weighted by molar-refractivity contribution is -0.242. The molecule has 4 nitrogen and oxygen atoms in total. The molecule has 4 saturated carbocycles. The number of ether oxygens (including phenoxy) is 2. The summed E-state index contributed by atoms with van der Waals surface area (Å²) in [4.78, 5) is 2.99. The van der Waals surface area contributed by atoms with Crippen molar-refractivity contribution in [1.82, 2.24) is 0 Å². The molecule has 5 fully saturated rings. The Labute approximate surface area is 176 Å². The zero-order valence-electron chi connectivity index (χ0n) is 16.7. The second-order valence-corrected chi connectivity index (χ2v) is 10.6. The van der Waals surface area contributed by atoms with Gasteiger partial charge in [-0.3, -0.25) is 0 Å². The molecule has 1 spiro atoms. The van der Waals surface area contributed by atoms with Crippen molar-refractivity contribution in [3.63, 3.8) is 0 Å². The number of hydrogen-bond donors (Lipinski definition) is 2. The zero-order chi connectivity index (χ0) is 19.4. The molecule has 0 amide bonds. The first-order valence-electron chi connectivity index (χ1n) is 11.3. The van der Waals surface area contributed by atoms with Gasteiger partial charge in [0.25, 0.3) is 0 Å². The molecule has 5 rings (SSSR count). The van der Waals surface area contributed by atoms with E-state index >= 15 is 0 Å². The van der Waals surface area contributed by atoms with E-state index in [-0.39, 0.29) is 16.6 Å². The van der Waals surface area contributed by atoms with E-state index in [1.807, 2.05) is 0 Å². The van der Waals surface area contributed by atoms with Gasteiger partial charge in [-0.05, 0) is 78.9 Å². The average molecular weight is 453 g/mol. The van der Waals surface area contributed by atoms with E-state index in [9.17, 15) is 10.2 Å². The van der Waals surface area contributed by atoms with Crippen LogP contribution in [-0.2, 0) is 9.47 Å². The minimum Gasteiger partial charge on any atom is -0.368 e. The summed E-state index contributed by atoms with van der Waals surface area (Å²) in [6.07, 6.45) is 10.7. The molecule has 0 aromatic rings. The normalized spacial score (nSPS) is 46.6. The van der Waals surface area contributed by atoms with Crippen LogP contribution in [0.2, 0.25) is 0 Å². The van der Waals surface area contributed by atoms with Gasteiger partial charge < -0.3 is 19.7 Å². The van der Waals surface area contributed by atoms with Crippen molar-refractivity contribution in [1.29, 1.82) is 0 Å². The van der Waals surface area contributed by atoms with Crippen molar-refractivity contribution in [3.05, 3.63) is 0 Å². The van der Waals surface area contributed by atoms with Crippen LogP contribution in [0, 0.1) is 45.3 Å².